The Balaban J connectivity index is 0.886. The molecule has 6 heteroatoms. The van der Waals surface area contributed by atoms with Gasteiger partial charge in [-0.25, -0.2) is 0 Å². The summed E-state index contributed by atoms with van der Waals surface area (Å²) in [5.74, 6) is 12.9. The molecule has 20 rings (SSSR count). The van der Waals surface area contributed by atoms with Crippen LogP contribution < -0.4 is 20.9 Å². The number of nitrogens with two attached hydrogens (primary N) is 2. The van der Waals surface area contributed by atoms with Crippen molar-refractivity contribution in [3.63, 3.8) is 0 Å². The van der Waals surface area contributed by atoms with Crippen LogP contribution in [0.1, 0.15) is 176 Å². The molecule has 0 spiro atoms. The molecule has 16 aliphatic rings. The van der Waals surface area contributed by atoms with Gasteiger partial charge < -0.3 is 31.2 Å². The Morgan fingerprint density at radius 1 is 0.329 bits per heavy atom. The molecule has 16 aliphatic carbocycles. The highest BCUT2D eigenvalue weighted by atomic mass is 16.5. The molecule has 16 bridgehead atoms. The van der Waals surface area contributed by atoms with Crippen LogP contribution in [-0.4, -0.2) is 10.2 Å². The summed E-state index contributed by atoms with van der Waals surface area (Å²) in [6, 6.07) is 22.6. The Hall–Kier alpha value is -4.32. The number of nitrogen functional groups attached to an aromatic ring is 2. The maximum atomic E-state index is 11.5. The number of rotatable bonds is 9. The number of hydrogen-bond donors (Lipinski definition) is 4. The number of benzene rings is 4. The Bertz CT molecular complexity index is 2510. The van der Waals surface area contributed by atoms with Crippen LogP contribution in [0.15, 0.2) is 60.7 Å². The van der Waals surface area contributed by atoms with Gasteiger partial charge in [-0.2, -0.15) is 0 Å². The number of phenols is 2. The molecule has 0 heterocycles. The Kier molecular flexibility index (Phi) is 8.85. The van der Waals surface area contributed by atoms with Crippen LogP contribution in [0.25, 0.3) is 11.1 Å². The molecular formula is C64H76N2O4. The van der Waals surface area contributed by atoms with Crippen LogP contribution in [0.5, 0.6) is 34.5 Å². The molecule has 4 aromatic rings. The topological polar surface area (TPSA) is 111 Å². The Morgan fingerprint density at radius 3 is 0.857 bits per heavy atom. The van der Waals surface area contributed by atoms with Gasteiger partial charge in [0.05, 0.1) is 11.4 Å². The number of ether oxygens (including phenoxy) is 2. The summed E-state index contributed by atoms with van der Waals surface area (Å²) < 4.78 is 15.2. The molecule has 0 aromatic heterocycles. The third-order valence-corrected chi connectivity index (χ3v) is 23.5. The number of hydrogen-bond acceptors (Lipinski definition) is 6. The molecular weight excluding hydrogens is 861 g/mol. The van der Waals surface area contributed by atoms with Crippen LogP contribution in [0.2, 0.25) is 0 Å². The second-order valence-electron chi connectivity index (χ2n) is 28.2. The summed E-state index contributed by atoms with van der Waals surface area (Å²) >= 11 is 0. The molecule has 16 fully saturated rings. The SMILES string of the molecule is Nc1cc(C23CC4CC(CC(C4)C2)C3)c(Oc2ccc(C34CC5CC(CC(C5)C3)C4)cc2-c2cc(C34CC5CC(CC(C5)C3)C4)ccc2Oc2cc(O)c(N)cc2C23CC4CC(CC(C4)C2)C3)cc1O. The van der Waals surface area contributed by atoms with Gasteiger partial charge in [-0.1, -0.05) is 12.1 Å². The maximum Gasteiger partial charge on any atom is 0.142 e. The summed E-state index contributed by atoms with van der Waals surface area (Å²) in [7, 11) is 0. The molecule has 0 saturated heterocycles. The van der Waals surface area contributed by atoms with E-state index < -0.39 is 0 Å². The molecule has 0 atom stereocenters. The molecule has 16 saturated carbocycles. The molecule has 6 nitrogen and oxygen atoms in total. The maximum absolute atomic E-state index is 11.5. The highest BCUT2D eigenvalue weighted by Gasteiger charge is 2.56. The average molecular weight is 937 g/mol. The van der Waals surface area contributed by atoms with Gasteiger partial charge in [0.25, 0.3) is 0 Å². The zero-order chi connectivity index (χ0) is 46.5. The van der Waals surface area contributed by atoms with Crippen LogP contribution in [0.4, 0.5) is 11.4 Å². The molecule has 0 amide bonds. The van der Waals surface area contributed by atoms with Gasteiger partial charge in [0.2, 0.25) is 0 Å². The molecule has 0 radical (unpaired) electrons. The minimum atomic E-state index is 0.0166. The van der Waals surface area contributed by atoms with E-state index in [-0.39, 0.29) is 33.2 Å². The zero-order valence-electron chi connectivity index (χ0n) is 41.5. The smallest absolute Gasteiger partial charge is 0.142 e. The van der Waals surface area contributed by atoms with E-state index in [4.69, 9.17) is 20.9 Å². The van der Waals surface area contributed by atoms with Crippen LogP contribution >= 0.6 is 0 Å². The number of phenolic OH excluding ortho intramolecular Hbond substituents is 2. The van der Waals surface area contributed by atoms with Gasteiger partial charge in [0, 0.05) is 34.4 Å². The standard InChI is InChI=1S/C64H76N2O4/c65-53-19-51(63-29-41-11-42(30-63)13-43(12-41)31-63)59(21-55(53)67)69-57-3-1-47(61-23-35-5-36(24-61)7-37(6-35)25-61)17-49(57)50-18-48(62-26-38-8-39(27-62)10-40(9-38)28-62)2-4-58(50)70-60-22-56(68)54(66)20-52(60)64-32-44-14-45(33-64)16-46(15-44)34-64/h1-4,17-22,35-46,67-68H,5-16,23-34,65-66H2. The lowest BCUT2D eigenvalue weighted by Crippen LogP contribution is -2.48. The number of anilines is 2. The molecule has 0 unspecified atom stereocenters. The normalized spacial score (nSPS) is 42.8. The highest BCUT2D eigenvalue weighted by Crippen LogP contribution is 2.67. The lowest BCUT2D eigenvalue weighted by Gasteiger charge is -2.57. The van der Waals surface area contributed by atoms with Gasteiger partial charge >= 0.3 is 0 Å². The molecule has 366 valence electrons. The monoisotopic (exact) mass is 937 g/mol. The van der Waals surface area contributed by atoms with E-state index in [2.05, 4.69) is 48.5 Å². The van der Waals surface area contributed by atoms with Gasteiger partial charge in [0.15, 0.2) is 0 Å². The lowest BCUT2D eigenvalue weighted by atomic mass is 9.48. The van der Waals surface area contributed by atoms with Gasteiger partial charge in [-0.05, 0) is 294 Å². The van der Waals surface area contributed by atoms with Crippen molar-refractivity contribution in [2.75, 3.05) is 11.5 Å². The molecule has 6 N–H and O–H groups in total. The summed E-state index contributed by atoms with van der Waals surface area (Å²) in [4.78, 5) is 0. The molecule has 70 heavy (non-hydrogen) atoms. The fourth-order valence-electron chi connectivity index (χ4n) is 22.5. The van der Waals surface area contributed by atoms with Crippen LogP contribution in [0.3, 0.4) is 0 Å². The highest BCUT2D eigenvalue weighted by molar-refractivity contribution is 5.79. The fourth-order valence-corrected chi connectivity index (χ4v) is 22.5. The first-order valence-electron chi connectivity index (χ1n) is 28.8. The third-order valence-electron chi connectivity index (χ3n) is 23.5. The third kappa shape index (κ3) is 6.40. The van der Waals surface area contributed by atoms with Crippen molar-refractivity contribution in [3.8, 4) is 45.6 Å². The Labute approximate surface area is 416 Å². The van der Waals surface area contributed by atoms with Gasteiger partial charge in [-0.3, -0.25) is 0 Å². The average Bonchev–Trinajstić information content (AvgIpc) is 3.30. The van der Waals surface area contributed by atoms with Gasteiger partial charge in [-0.15, -0.1) is 0 Å². The van der Waals surface area contributed by atoms with Crippen LogP contribution in [0, 0.1) is 71.0 Å². The second kappa shape index (κ2) is 14.7. The first kappa shape index (κ1) is 42.2. The van der Waals surface area contributed by atoms with E-state index in [1.165, 1.54) is 176 Å². The lowest BCUT2D eigenvalue weighted by molar-refractivity contribution is -0.00616. The molecule has 4 aromatic carbocycles. The minimum Gasteiger partial charge on any atom is -0.506 e. The van der Waals surface area contributed by atoms with Crippen molar-refractivity contribution in [2.45, 2.75) is 176 Å². The van der Waals surface area contributed by atoms with Crippen molar-refractivity contribution in [2.24, 2.45) is 71.0 Å². The molecule has 0 aliphatic heterocycles. The van der Waals surface area contributed by atoms with E-state index in [1.54, 1.807) is 0 Å². The van der Waals surface area contributed by atoms with E-state index in [1.807, 2.05) is 12.1 Å². The van der Waals surface area contributed by atoms with E-state index in [0.717, 1.165) is 105 Å². The second-order valence-corrected chi connectivity index (χ2v) is 28.2. The minimum absolute atomic E-state index is 0.0166. The van der Waals surface area contributed by atoms with E-state index in [9.17, 15) is 10.2 Å². The van der Waals surface area contributed by atoms with Crippen molar-refractivity contribution >= 4 is 11.4 Å². The number of aromatic hydroxyl groups is 2. The fraction of sp³-hybridized carbons (Fsp3) is 0.625. The largest absolute Gasteiger partial charge is 0.506 e. The van der Waals surface area contributed by atoms with Crippen molar-refractivity contribution in [1.82, 2.24) is 0 Å². The Morgan fingerprint density at radius 2 is 0.586 bits per heavy atom. The van der Waals surface area contributed by atoms with Crippen molar-refractivity contribution in [3.05, 3.63) is 82.9 Å². The zero-order valence-corrected chi connectivity index (χ0v) is 41.5. The summed E-state index contributed by atoms with van der Waals surface area (Å²) in [5.41, 5.74) is 22.2. The van der Waals surface area contributed by atoms with Crippen LogP contribution in [-0.2, 0) is 21.7 Å². The first-order chi connectivity index (χ1) is 33.9. The van der Waals surface area contributed by atoms with E-state index >= 15 is 0 Å². The van der Waals surface area contributed by atoms with E-state index in [0.29, 0.717) is 11.4 Å². The van der Waals surface area contributed by atoms with Crippen molar-refractivity contribution < 1.29 is 19.7 Å². The summed E-state index contributed by atoms with van der Waals surface area (Å²) in [6.07, 6.45) is 31.4. The van der Waals surface area contributed by atoms with Crippen molar-refractivity contribution in [1.29, 1.82) is 0 Å². The first-order valence-corrected chi connectivity index (χ1v) is 28.8. The van der Waals surface area contributed by atoms with Gasteiger partial charge in [0.1, 0.15) is 34.5 Å². The summed E-state index contributed by atoms with van der Waals surface area (Å²) in [5, 5.41) is 23.0. The summed E-state index contributed by atoms with van der Waals surface area (Å²) in [6.45, 7) is 0. The predicted molar refractivity (Wildman–Crippen MR) is 276 cm³/mol. The quantitative estimate of drug-likeness (QED) is 0.0983. The predicted octanol–water partition coefficient (Wildman–Crippen LogP) is 15.4.